The fourth-order valence-corrected chi connectivity index (χ4v) is 5.62. The van der Waals surface area contributed by atoms with Crippen molar-refractivity contribution < 1.29 is 47.5 Å². The number of hydrogen-bond donors (Lipinski definition) is 0. The van der Waals surface area contributed by atoms with E-state index in [9.17, 15) is 14.4 Å². The Labute approximate surface area is 283 Å². The molecule has 0 N–H and O–H groups in total. The van der Waals surface area contributed by atoms with Gasteiger partial charge in [0, 0.05) is 33.1 Å². The third kappa shape index (κ3) is 9.31. The summed E-state index contributed by atoms with van der Waals surface area (Å²) in [7, 11) is 9.27. The lowest BCUT2D eigenvalue weighted by Crippen LogP contribution is -2.35. The molecule has 2 atom stereocenters. The summed E-state index contributed by atoms with van der Waals surface area (Å²) in [5.41, 5.74) is 1.58. The van der Waals surface area contributed by atoms with Crippen molar-refractivity contribution in [2.75, 3.05) is 49.2 Å². The Morgan fingerprint density at radius 3 is 2.15 bits per heavy atom. The number of methoxy groups -OCH3 is 5. The van der Waals surface area contributed by atoms with Crippen LogP contribution < -0.4 is 24.4 Å². The first-order valence-corrected chi connectivity index (χ1v) is 16.0. The van der Waals surface area contributed by atoms with Gasteiger partial charge in [0.15, 0.2) is 17.2 Å². The number of fused-ring (bicyclic) bond motifs is 3. The maximum absolute atomic E-state index is 13.5. The first-order chi connectivity index (χ1) is 22.6. The van der Waals surface area contributed by atoms with Crippen LogP contribution in [0.1, 0.15) is 77.5 Å². The van der Waals surface area contributed by atoms with E-state index in [-0.39, 0.29) is 23.2 Å². The summed E-state index contributed by atoms with van der Waals surface area (Å²) < 4.78 is 44.8. The van der Waals surface area contributed by atoms with Crippen LogP contribution in [0.2, 0.25) is 0 Å². The van der Waals surface area contributed by atoms with Crippen molar-refractivity contribution in [3.8, 4) is 34.1 Å². The van der Waals surface area contributed by atoms with Crippen LogP contribution in [-0.2, 0) is 30.2 Å². The van der Waals surface area contributed by atoms with Gasteiger partial charge in [-0.2, -0.15) is 0 Å². The van der Waals surface area contributed by atoms with E-state index in [1.165, 1.54) is 39.2 Å². The van der Waals surface area contributed by atoms with E-state index in [1.807, 2.05) is 33.8 Å². The molecule has 2 aromatic carbocycles. The van der Waals surface area contributed by atoms with E-state index >= 15 is 0 Å². The summed E-state index contributed by atoms with van der Waals surface area (Å²) in [5.74, 6) is 0.943. The van der Waals surface area contributed by atoms with Gasteiger partial charge in [0.25, 0.3) is 0 Å². The van der Waals surface area contributed by atoms with Crippen molar-refractivity contribution in [1.29, 1.82) is 0 Å². The van der Waals surface area contributed by atoms with E-state index in [2.05, 4.69) is 0 Å². The van der Waals surface area contributed by atoms with Crippen LogP contribution in [0.5, 0.6) is 23.0 Å². The monoisotopic (exact) mass is 673 g/mol. The molecule has 0 heterocycles. The number of carbonyl (C=O) groups excluding carboxylic acids is 2. The molecule has 0 spiro atoms. The first-order valence-electron chi connectivity index (χ1n) is 16.0. The second-order valence-electron chi connectivity index (χ2n) is 12.9. The maximum Gasteiger partial charge on any atom is 0.413 e. The van der Waals surface area contributed by atoms with E-state index in [0.717, 1.165) is 5.56 Å². The Balaban J connectivity index is 1.81. The molecule has 0 saturated carbocycles. The fraction of sp³-hybridized carbons (Fsp3) is 0.583. The molecule has 1 amide bonds. The Bertz CT molecular complexity index is 1500. The second-order valence-corrected chi connectivity index (χ2v) is 12.9. The molecule has 0 saturated heterocycles. The summed E-state index contributed by atoms with van der Waals surface area (Å²) in [6, 6.07) is 6.11. The summed E-state index contributed by atoms with van der Waals surface area (Å²) >= 11 is 0. The highest BCUT2D eigenvalue weighted by Gasteiger charge is 2.33. The van der Waals surface area contributed by atoms with Crippen molar-refractivity contribution in [1.82, 2.24) is 4.90 Å². The van der Waals surface area contributed by atoms with Crippen molar-refractivity contribution >= 4 is 12.1 Å². The number of esters is 1. The largest absolute Gasteiger partial charge is 0.493 e. The smallest absolute Gasteiger partial charge is 0.413 e. The SMILES string of the molecule is COc1cc2c(c(OC)c1OC)-c1ccc(OC)c(=O)cc1[C@@H](N(C)C(=O)OC(C)OC(=O)CCC(C)(C)OCCC(C)(C)OC)CC2. The normalized spacial score (nSPS) is 14.9. The molecule has 3 rings (SSSR count). The molecule has 2 aromatic rings. The minimum Gasteiger partial charge on any atom is -0.493 e. The summed E-state index contributed by atoms with van der Waals surface area (Å²) in [5, 5.41) is 0. The van der Waals surface area contributed by atoms with Gasteiger partial charge in [-0.25, -0.2) is 4.79 Å². The molecule has 48 heavy (non-hydrogen) atoms. The average molecular weight is 674 g/mol. The number of ether oxygens (including phenoxy) is 8. The lowest BCUT2D eigenvalue weighted by molar-refractivity contribution is -0.168. The van der Waals surface area contributed by atoms with Crippen LogP contribution >= 0.6 is 0 Å². The predicted molar refractivity (Wildman–Crippen MR) is 180 cm³/mol. The van der Waals surface area contributed by atoms with Gasteiger partial charge in [-0.05, 0) is 88.3 Å². The third-order valence-electron chi connectivity index (χ3n) is 8.69. The molecule has 0 bridgehead atoms. The number of benzene rings is 1. The van der Waals surface area contributed by atoms with Crippen LogP contribution in [0.3, 0.4) is 0 Å². The van der Waals surface area contributed by atoms with Gasteiger partial charge in [0.05, 0.1) is 52.3 Å². The van der Waals surface area contributed by atoms with Crippen molar-refractivity contribution in [3.05, 3.63) is 45.6 Å². The van der Waals surface area contributed by atoms with Gasteiger partial charge in [-0.1, -0.05) is 6.07 Å². The Morgan fingerprint density at radius 1 is 0.875 bits per heavy atom. The van der Waals surface area contributed by atoms with Gasteiger partial charge in [0.1, 0.15) is 0 Å². The molecule has 1 aliphatic carbocycles. The van der Waals surface area contributed by atoms with Crippen molar-refractivity contribution in [2.24, 2.45) is 0 Å². The number of amides is 1. The van der Waals surface area contributed by atoms with Crippen LogP contribution in [0, 0.1) is 0 Å². The minimum absolute atomic E-state index is 0.0754. The van der Waals surface area contributed by atoms with Crippen LogP contribution in [0.25, 0.3) is 11.1 Å². The lowest BCUT2D eigenvalue weighted by Gasteiger charge is -2.29. The zero-order valence-corrected chi connectivity index (χ0v) is 30.1. The molecular weight excluding hydrogens is 622 g/mol. The number of nitrogens with zero attached hydrogens (tertiary/aromatic N) is 1. The Kier molecular flexibility index (Phi) is 13.1. The van der Waals surface area contributed by atoms with E-state index in [0.29, 0.717) is 66.2 Å². The standard InChI is InChI=1S/C36H51NO11/c1-22(47-30(39)16-17-36(4,5)46-19-18-35(2,3)45-11)48-34(40)37(6)26-14-12-23-20-29(42-8)32(43-9)33(44-10)31(23)24-13-15-28(41-7)27(38)21-25(24)26/h13,15,20-22,26H,12,14,16-19H2,1-11H3/t22?,26-/m0/s1. The quantitative estimate of drug-likeness (QED) is 0.161. The highest BCUT2D eigenvalue weighted by atomic mass is 16.7. The van der Waals surface area contributed by atoms with Gasteiger partial charge < -0.3 is 42.8 Å². The molecule has 0 radical (unpaired) electrons. The molecule has 12 nitrogen and oxygen atoms in total. The molecule has 0 aromatic heterocycles. The van der Waals surface area contributed by atoms with Gasteiger partial charge in [0.2, 0.25) is 17.5 Å². The first kappa shape index (κ1) is 38.4. The fourth-order valence-electron chi connectivity index (χ4n) is 5.62. The third-order valence-corrected chi connectivity index (χ3v) is 8.69. The van der Waals surface area contributed by atoms with Crippen molar-refractivity contribution in [2.45, 2.75) is 90.3 Å². The van der Waals surface area contributed by atoms with Crippen LogP contribution in [0.4, 0.5) is 4.79 Å². The average Bonchev–Trinajstić information content (AvgIpc) is 3.29. The van der Waals surface area contributed by atoms with E-state index < -0.39 is 30.0 Å². The Hall–Kier alpha value is -4.03. The summed E-state index contributed by atoms with van der Waals surface area (Å²) in [4.78, 5) is 40.8. The van der Waals surface area contributed by atoms with Crippen LogP contribution in [-0.4, -0.2) is 83.7 Å². The number of hydrogen-bond acceptors (Lipinski definition) is 11. The van der Waals surface area contributed by atoms with Crippen molar-refractivity contribution in [3.63, 3.8) is 0 Å². The zero-order chi connectivity index (χ0) is 35.8. The topological polar surface area (TPSA) is 128 Å². The number of carbonyl (C=O) groups is 2. The molecular formula is C36H51NO11. The highest BCUT2D eigenvalue weighted by molar-refractivity contribution is 5.83. The highest BCUT2D eigenvalue weighted by Crippen LogP contribution is 2.51. The van der Waals surface area contributed by atoms with Gasteiger partial charge in [-0.3, -0.25) is 9.59 Å². The van der Waals surface area contributed by atoms with E-state index in [4.69, 9.17) is 37.9 Å². The molecule has 0 aliphatic heterocycles. The van der Waals surface area contributed by atoms with Gasteiger partial charge >= 0.3 is 12.1 Å². The molecule has 266 valence electrons. The van der Waals surface area contributed by atoms with Gasteiger partial charge in [-0.15, -0.1) is 0 Å². The van der Waals surface area contributed by atoms with Crippen LogP contribution in [0.15, 0.2) is 29.1 Å². The Morgan fingerprint density at radius 2 is 1.54 bits per heavy atom. The second kappa shape index (κ2) is 16.4. The number of aryl methyl sites for hydroxylation is 1. The predicted octanol–water partition coefficient (Wildman–Crippen LogP) is 6.08. The summed E-state index contributed by atoms with van der Waals surface area (Å²) in [6.07, 6.45) is 0.242. The molecule has 0 fully saturated rings. The van der Waals surface area contributed by atoms with E-state index in [1.54, 1.807) is 33.4 Å². The number of rotatable bonds is 15. The molecule has 1 aliphatic rings. The summed E-state index contributed by atoms with van der Waals surface area (Å²) in [6.45, 7) is 9.75. The molecule has 12 heteroatoms. The molecule has 1 unspecified atom stereocenters. The lowest BCUT2D eigenvalue weighted by atomic mass is 9.95. The maximum atomic E-state index is 13.5. The zero-order valence-electron chi connectivity index (χ0n) is 30.1. The minimum atomic E-state index is -1.16.